The van der Waals surface area contributed by atoms with Crippen LogP contribution in [0.3, 0.4) is 0 Å². The number of halogens is 1. The molecule has 0 aromatic heterocycles. The Kier molecular flexibility index (Phi) is 7.24. The highest BCUT2D eigenvalue weighted by Gasteiger charge is 2.22. The molecule has 0 saturated heterocycles. The van der Waals surface area contributed by atoms with Crippen molar-refractivity contribution in [2.24, 2.45) is 5.41 Å². The van der Waals surface area contributed by atoms with Gasteiger partial charge in [0.05, 0.1) is 12.5 Å². The second-order valence-electron chi connectivity index (χ2n) is 6.47. The van der Waals surface area contributed by atoms with Crippen LogP contribution >= 0.6 is 11.6 Å². The molecular weight excluding hydrogens is 284 g/mol. The van der Waals surface area contributed by atoms with Crippen LogP contribution in [0.5, 0.6) is 0 Å². The maximum absolute atomic E-state index is 12.1. The van der Waals surface area contributed by atoms with Crippen LogP contribution in [0.1, 0.15) is 57.6 Å². The van der Waals surface area contributed by atoms with Crippen molar-refractivity contribution in [3.05, 3.63) is 35.4 Å². The molecule has 0 spiro atoms. The maximum atomic E-state index is 12.1. The number of benzene rings is 1. The highest BCUT2D eigenvalue weighted by Crippen LogP contribution is 2.22. The maximum Gasteiger partial charge on any atom is 0.313 e. The lowest BCUT2D eigenvalue weighted by molar-refractivity contribution is -0.147. The standard InChI is InChI=1S/C18H27ClO2/c1-5-6-7-15-8-10-16(11-9-15)14(2)17(20)21-13-18(3,4)12-19/h8-11,14H,5-7,12-13H2,1-4H3. The van der Waals surface area contributed by atoms with Gasteiger partial charge < -0.3 is 4.74 Å². The molecule has 0 heterocycles. The van der Waals surface area contributed by atoms with Crippen LogP contribution in [0, 0.1) is 5.41 Å². The second kappa shape index (κ2) is 8.43. The fraction of sp³-hybridized carbons (Fsp3) is 0.611. The topological polar surface area (TPSA) is 26.3 Å². The van der Waals surface area contributed by atoms with Crippen molar-refractivity contribution in [3.8, 4) is 0 Å². The quantitative estimate of drug-likeness (QED) is 0.502. The highest BCUT2D eigenvalue weighted by molar-refractivity contribution is 6.18. The Morgan fingerprint density at radius 2 is 1.90 bits per heavy atom. The van der Waals surface area contributed by atoms with E-state index in [1.54, 1.807) is 0 Å². The van der Waals surface area contributed by atoms with Crippen LogP contribution in [0.25, 0.3) is 0 Å². The number of esters is 1. The summed E-state index contributed by atoms with van der Waals surface area (Å²) in [5.41, 5.74) is 2.15. The lowest BCUT2D eigenvalue weighted by Crippen LogP contribution is -2.25. The van der Waals surface area contributed by atoms with Gasteiger partial charge in [0, 0.05) is 11.3 Å². The van der Waals surface area contributed by atoms with Crippen LogP contribution < -0.4 is 0 Å². The molecule has 0 fully saturated rings. The molecule has 1 rings (SSSR count). The third-order valence-electron chi connectivity index (χ3n) is 3.62. The zero-order valence-corrected chi connectivity index (χ0v) is 14.4. The van der Waals surface area contributed by atoms with Gasteiger partial charge in [-0.25, -0.2) is 0 Å². The summed E-state index contributed by atoms with van der Waals surface area (Å²) in [6.07, 6.45) is 3.49. The minimum absolute atomic E-state index is 0.180. The van der Waals surface area contributed by atoms with Crippen molar-refractivity contribution in [3.63, 3.8) is 0 Å². The molecule has 0 aliphatic heterocycles. The van der Waals surface area contributed by atoms with Crippen LogP contribution in [0.15, 0.2) is 24.3 Å². The number of rotatable bonds is 8. The zero-order valence-electron chi connectivity index (χ0n) is 13.6. The van der Waals surface area contributed by atoms with Gasteiger partial charge in [-0.3, -0.25) is 4.79 Å². The number of ether oxygens (including phenoxy) is 1. The van der Waals surface area contributed by atoms with Crippen molar-refractivity contribution < 1.29 is 9.53 Å². The lowest BCUT2D eigenvalue weighted by Gasteiger charge is -2.22. The van der Waals surface area contributed by atoms with E-state index in [0.29, 0.717) is 12.5 Å². The van der Waals surface area contributed by atoms with Crippen molar-refractivity contribution in [2.75, 3.05) is 12.5 Å². The number of hydrogen-bond donors (Lipinski definition) is 0. The molecule has 1 aromatic carbocycles. The molecule has 0 N–H and O–H groups in total. The fourth-order valence-corrected chi connectivity index (χ4v) is 2.00. The van der Waals surface area contributed by atoms with Crippen LogP contribution in [0.4, 0.5) is 0 Å². The number of alkyl halides is 1. The fourth-order valence-electron chi connectivity index (χ4n) is 1.92. The van der Waals surface area contributed by atoms with E-state index in [2.05, 4.69) is 19.1 Å². The van der Waals surface area contributed by atoms with Crippen molar-refractivity contribution >= 4 is 17.6 Å². The first-order valence-electron chi connectivity index (χ1n) is 7.71. The summed E-state index contributed by atoms with van der Waals surface area (Å²) >= 11 is 5.84. The van der Waals surface area contributed by atoms with Crippen molar-refractivity contribution in [2.45, 2.75) is 52.9 Å². The van der Waals surface area contributed by atoms with E-state index >= 15 is 0 Å². The van der Waals surface area contributed by atoms with Gasteiger partial charge in [0.25, 0.3) is 0 Å². The Hall–Kier alpha value is -1.02. The molecule has 0 aliphatic rings. The number of carbonyl (C=O) groups is 1. The zero-order chi connectivity index (χ0) is 15.9. The molecule has 1 atom stereocenters. The summed E-state index contributed by atoms with van der Waals surface area (Å²) in [7, 11) is 0. The first-order valence-corrected chi connectivity index (χ1v) is 8.24. The van der Waals surface area contributed by atoms with Gasteiger partial charge in [-0.2, -0.15) is 0 Å². The normalized spacial score (nSPS) is 13.0. The molecule has 118 valence electrons. The molecule has 0 saturated carbocycles. The van der Waals surface area contributed by atoms with E-state index in [1.165, 1.54) is 18.4 Å². The van der Waals surface area contributed by atoms with Gasteiger partial charge in [0.2, 0.25) is 0 Å². The molecule has 21 heavy (non-hydrogen) atoms. The average Bonchev–Trinajstić information content (AvgIpc) is 2.50. The van der Waals surface area contributed by atoms with Crippen molar-refractivity contribution in [1.29, 1.82) is 0 Å². The van der Waals surface area contributed by atoms with E-state index in [9.17, 15) is 4.79 Å². The van der Waals surface area contributed by atoms with E-state index in [4.69, 9.17) is 16.3 Å². The first kappa shape index (κ1) is 18.0. The SMILES string of the molecule is CCCCc1ccc(C(C)C(=O)OCC(C)(C)CCl)cc1. The van der Waals surface area contributed by atoms with Gasteiger partial charge >= 0.3 is 5.97 Å². The third-order valence-corrected chi connectivity index (χ3v) is 4.34. The molecule has 0 aliphatic carbocycles. The molecule has 1 aromatic rings. The summed E-state index contributed by atoms with van der Waals surface area (Å²) < 4.78 is 5.39. The predicted octanol–water partition coefficient (Wildman–Crippen LogP) is 4.94. The Balaban J connectivity index is 2.57. The summed E-state index contributed by atoms with van der Waals surface area (Å²) in [5.74, 6) is 0.0479. The number of unbranched alkanes of at least 4 members (excludes halogenated alkanes) is 1. The highest BCUT2D eigenvalue weighted by atomic mass is 35.5. The minimum Gasteiger partial charge on any atom is -0.465 e. The summed E-state index contributed by atoms with van der Waals surface area (Å²) in [5, 5.41) is 0. The monoisotopic (exact) mass is 310 g/mol. The molecular formula is C18H27ClO2. The van der Waals surface area contributed by atoms with Gasteiger partial charge in [0.1, 0.15) is 0 Å². The predicted molar refractivity (Wildman–Crippen MR) is 88.9 cm³/mol. The Labute approximate surface area is 133 Å². The van der Waals surface area contributed by atoms with Crippen molar-refractivity contribution in [1.82, 2.24) is 0 Å². The van der Waals surface area contributed by atoms with Gasteiger partial charge in [-0.15, -0.1) is 11.6 Å². The van der Waals surface area contributed by atoms with Gasteiger partial charge in [-0.05, 0) is 30.9 Å². The number of carbonyl (C=O) groups excluding carboxylic acids is 1. The van der Waals surface area contributed by atoms with E-state index in [-0.39, 0.29) is 17.3 Å². The lowest BCUT2D eigenvalue weighted by atomic mass is 9.97. The Bertz CT molecular complexity index is 437. The molecule has 3 heteroatoms. The second-order valence-corrected chi connectivity index (χ2v) is 6.74. The van der Waals surface area contributed by atoms with E-state index < -0.39 is 0 Å². The number of hydrogen-bond acceptors (Lipinski definition) is 2. The molecule has 0 amide bonds. The molecule has 0 radical (unpaired) electrons. The van der Waals surface area contributed by atoms with E-state index in [0.717, 1.165) is 12.0 Å². The summed E-state index contributed by atoms with van der Waals surface area (Å²) in [4.78, 5) is 12.1. The first-order chi connectivity index (χ1) is 9.89. The number of aryl methyl sites for hydroxylation is 1. The van der Waals surface area contributed by atoms with E-state index in [1.807, 2.05) is 32.9 Å². The smallest absolute Gasteiger partial charge is 0.313 e. The molecule has 2 nitrogen and oxygen atoms in total. The van der Waals surface area contributed by atoms with Crippen LogP contribution in [0.2, 0.25) is 0 Å². The van der Waals surface area contributed by atoms with Gasteiger partial charge in [0.15, 0.2) is 0 Å². The average molecular weight is 311 g/mol. The largest absolute Gasteiger partial charge is 0.465 e. The Morgan fingerprint density at radius 1 is 1.29 bits per heavy atom. The summed E-state index contributed by atoms with van der Waals surface area (Å²) in [6.45, 7) is 8.40. The van der Waals surface area contributed by atoms with Crippen LogP contribution in [-0.2, 0) is 16.0 Å². The van der Waals surface area contributed by atoms with Crippen LogP contribution in [-0.4, -0.2) is 18.5 Å². The molecule has 1 unspecified atom stereocenters. The molecule has 0 bridgehead atoms. The summed E-state index contributed by atoms with van der Waals surface area (Å²) in [6, 6.07) is 8.28. The van der Waals surface area contributed by atoms with Gasteiger partial charge in [-0.1, -0.05) is 51.5 Å². The minimum atomic E-state index is -0.239. The third kappa shape index (κ3) is 6.09. The Morgan fingerprint density at radius 3 is 2.43 bits per heavy atom.